The van der Waals surface area contributed by atoms with Gasteiger partial charge in [-0.15, -0.1) is 11.3 Å². The molecule has 2 fully saturated rings. The second-order valence-electron chi connectivity index (χ2n) is 9.50. The molecule has 0 spiro atoms. The minimum absolute atomic E-state index is 0.0278. The van der Waals surface area contributed by atoms with E-state index in [1.54, 1.807) is 28.4 Å². The molecule has 34 heavy (non-hydrogen) atoms. The molecule has 8 heteroatoms. The van der Waals surface area contributed by atoms with Gasteiger partial charge in [0, 0.05) is 30.4 Å². The standard InChI is InChI=1S/C26H32FN3O3S/c27-20-5-7-21(8-6-20)33-18-23-22-10-16-34-24(22)9-13-30(23)25(31)17-29(26(32)19-3-4-19)15-14-28-11-1-2-12-28/h5-8,10,16,19,23H,1-4,9,11-15,17-18H2. The average Bonchev–Trinajstić information content (AvgIpc) is 3.35. The second-order valence-corrected chi connectivity index (χ2v) is 10.5. The fraction of sp³-hybridized carbons (Fsp3) is 0.538. The maximum absolute atomic E-state index is 13.6. The quantitative estimate of drug-likeness (QED) is 0.543. The number of hydrogen-bond donors (Lipinski definition) is 0. The summed E-state index contributed by atoms with van der Waals surface area (Å²) < 4.78 is 19.3. The SMILES string of the molecule is O=C(C1CC1)N(CCN1CCCC1)CC(=O)N1CCc2sccc2C1COc1ccc(F)cc1. The van der Waals surface area contributed by atoms with E-state index in [0.29, 0.717) is 25.4 Å². The van der Waals surface area contributed by atoms with Gasteiger partial charge < -0.3 is 19.4 Å². The molecule has 0 N–H and O–H groups in total. The lowest BCUT2D eigenvalue weighted by molar-refractivity contribution is -0.143. The number of carbonyl (C=O) groups is 2. The molecule has 0 radical (unpaired) electrons. The number of benzene rings is 1. The van der Waals surface area contributed by atoms with E-state index in [-0.39, 0.29) is 36.1 Å². The normalized spacial score (nSPS) is 20.3. The summed E-state index contributed by atoms with van der Waals surface area (Å²) in [5.41, 5.74) is 1.11. The van der Waals surface area contributed by atoms with Crippen molar-refractivity contribution in [1.82, 2.24) is 14.7 Å². The third-order valence-corrected chi connectivity index (χ3v) is 8.08. The maximum atomic E-state index is 13.6. The molecule has 1 saturated heterocycles. The molecule has 2 aliphatic heterocycles. The predicted molar refractivity (Wildman–Crippen MR) is 129 cm³/mol. The van der Waals surface area contributed by atoms with Gasteiger partial charge in [-0.05, 0) is 86.5 Å². The van der Waals surface area contributed by atoms with Gasteiger partial charge >= 0.3 is 0 Å². The number of ether oxygens (including phenoxy) is 1. The van der Waals surface area contributed by atoms with Crippen molar-refractivity contribution >= 4 is 23.2 Å². The van der Waals surface area contributed by atoms with Crippen molar-refractivity contribution < 1.29 is 18.7 Å². The smallest absolute Gasteiger partial charge is 0.242 e. The molecule has 2 aromatic rings. The third-order valence-electron chi connectivity index (χ3n) is 7.09. The highest BCUT2D eigenvalue weighted by Crippen LogP contribution is 2.35. The average molecular weight is 486 g/mol. The molecule has 1 saturated carbocycles. The van der Waals surface area contributed by atoms with Crippen molar-refractivity contribution in [2.45, 2.75) is 38.1 Å². The van der Waals surface area contributed by atoms with E-state index in [9.17, 15) is 14.0 Å². The first kappa shape index (κ1) is 23.3. The summed E-state index contributed by atoms with van der Waals surface area (Å²) in [6.45, 7) is 4.62. The number of amides is 2. The molecule has 1 aromatic heterocycles. The minimum atomic E-state index is -0.309. The van der Waals surface area contributed by atoms with Crippen LogP contribution in [0.1, 0.15) is 42.2 Å². The van der Waals surface area contributed by atoms with Crippen LogP contribution < -0.4 is 4.74 Å². The van der Waals surface area contributed by atoms with Crippen molar-refractivity contribution in [2.75, 3.05) is 45.9 Å². The highest BCUT2D eigenvalue weighted by Gasteiger charge is 2.37. The van der Waals surface area contributed by atoms with Gasteiger partial charge in [0.15, 0.2) is 0 Å². The van der Waals surface area contributed by atoms with Gasteiger partial charge in [-0.2, -0.15) is 0 Å². The summed E-state index contributed by atoms with van der Waals surface area (Å²) in [4.78, 5) is 33.9. The zero-order valence-electron chi connectivity index (χ0n) is 19.5. The lowest BCUT2D eigenvalue weighted by atomic mass is 10.0. The first-order valence-electron chi connectivity index (χ1n) is 12.3. The maximum Gasteiger partial charge on any atom is 0.242 e. The zero-order chi connectivity index (χ0) is 23.5. The van der Waals surface area contributed by atoms with Crippen molar-refractivity contribution in [2.24, 2.45) is 5.92 Å². The Morgan fingerprint density at radius 3 is 2.59 bits per heavy atom. The molecule has 6 nitrogen and oxygen atoms in total. The predicted octanol–water partition coefficient (Wildman–Crippen LogP) is 3.73. The largest absolute Gasteiger partial charge is 0.491 e. The van der Waals surface area contributed by atoms with Crippen LogP contribution in [-0.2, 0) is 16.0 Å². The topological polar surface area (TPSA) is 53.1 Å². The monoisotopic (exact) mass is 485 g/mol. The van der Waals surface area contributed by atoms with Gasteiger partial charge in [0.1, 0.15) is 18.2 Å². The van der Waals surface area contributed by atoms with Crippen molar-refractivity contribution in [3.63, 3.8) is 0 Å². The minimum Gasteiger partial charge on any atom is -0.491 e. The van der Waals surface area contributed by atoms with Crippen LogP contribution in [0.2, 0.25) is 0 Å². The highest BCUT2D eigenvalue weighted by molar-refractivity contribution is 7.10. The van der Waals surface area contributed by atoms with E-state index in [1.165, 1.54) is 29.9 Å². The van der Waals surface area contributed by atoms with E-state index in [2.05, 4.69) is 16.3 Å². The Balaban J connectivity index is 1.28. The van der Waals surface area contributed by atoms with E-state index in [1.807, 2.05) is 4.90 Å². The van der Waals surface area contributed by atoms with Gasteiger partial charge in [-0.3, -0.25) is 9.59 Å². The van der Waals surface area contributed by atoms with Crippen molar-refractivity contribution in [3.8, 4) is 5.75 Å². The van der Waals surface area contributed by atoms with Gasteiger partial charge in [-0.1, -0.05) is 0 Å². The summed E-state index contributed by atoms with van der Waals surface area (Å²) in [6.07, 6.45) is 5.10. The van der Waals surface area contributed by atoms with E-state index < -0.39 is 0 Å². The van der Waals surface area contributed by atoms with Gasteiger partial charge in [-0.25, -0.2) is 4.39 Å². The number of halogens is 1. The third kappa shape index (κ3) is 5.44. The summed E-state index contributed by atoms with van der Waals surface area (Å²) in [7, 11) is 0. The van der Waals surface area contributed by atoms with Gasteiger partial charge in [0.05, 0.1) is 12.6 Å². The van der Waals surface area contributed by atoms with Crippen LogP contribution in [0.3, 0.4) is 0 Å². The van der Waals surface area contributed by atoms with E-state index in [4.69, 9.17) is 4.74 Å². The number of hydrogen-bond acceptors (Lipinski definition) is 5. The lowest BCUT2D eigenvalue weighted by Crippen LogP contribution is -2.49. The van der Waals surface area contributed by atoms with Crippen LogP contribution in [0, 0.1) is 11.7 Å². The molecule has 3 heterocycles. The summed E-state index contributed by atoms with van der Waals surface area (Å²) in [6, 6.07) is 7.80. The second kappa shape index (κ2) is 10.4. The molecule has 1 unspecified atom stereocenters. The molecule has 5 rings (SSSR count). The summed E-state index contributed by atoms with van der Waals surface area (Å²) in [5, 5.41) is 2.06. The lowest BCUT2D eigenvalue weighted by Gasteiger charge is -2.37. The zero-order valence-corrected chi connectivity index (χ0v) is 20.3. The highest BCUT2D eigenvalue weighted by atomic mass is 32.1. The van der Waals surface area contributed by atoms with Crippen LogP contribution in [0.25, 0.3) is 0 Å². The number of fused-ring (bicyclic) bond motifs is 1. The number of rotatable bonds is 9. The first-order valence-corrected chi connectivity index (χ1v) is 13.2. The van der Waals surface area contributed by atoms with Crippen LogP contribution in [0.15, 0.2) is 35.7 Å². The number of carbonyl (C=O) groups excluding carboxylic acids is 2. The Hall–Kier alpha value is -2.45. The Kier molecular flexibility index (Phi) is 7.15. The fourth-order valence-electron chi connectivity index (χ4n) is 4.96. The molecular formula is C26H32FN3O3S. The number of likely N-dealkylation sites (tertiary alicyclic amines) is 1. The number of thiophene rings is 1. The summed E-state index contributed by atoms with van der Waals surface area (Å²) in [5.74, 6) is 0.456. The molecule has 1 aromatic carbocycles. The Morgan fingerprint density at radius 2 is 1.85 bits per heavy atom. The molecule has 1 aliphatic carbocycles. The molecule has 182 valence electrons. The van der Waals surface area contributed by atoms with E-state index >= 15 is 0 Å². The molecular weight excluding hydrogens is 453 g/mol. The summed E-state index contributed by atoms with van der Waals surface area (Å²) >= 11 is 1.71. The Labute approximate surface area is 204 Å². The van der Waals surface area contributed by atoms with Crippen LogP contribution >= 0.6 is 11.3 Å². The molecule has 2 amide bonds. The fourth-order valence-corrected chi connectivity index (χ4v) is 5.89. The van der Waals surface area contributed by atoms with Crippen molar-refractivity contribution in [1.29, 1.82) is 0 Å². The van der Waals surface area contributed by atoms with Crippen LogP contribution in [-0.4, -0.2) is 72.4 Å². The molecule has 1 atom stereocenters. The molecule has 3 aliphatic rings. The number of nitrogens with zero attached hydrogens (tertiary/aromatic N) is 3. The van der Waals surface area contributed by atoms with Gasteiger partial charge in [0.25, 0.3) is 0 Å². The molecule has 0 bridgehead atoms. The van der Waals surface area contributed by atoms with Gasteiger partial charge in [0.2, 0.25) is 11.8 Å². The van der Waals surface area contributed by atoms with Crippen LogP contribution in [0.4, 0.5) is 4.39 Å². The first-order chi connectivity index (χ1) is 16.6. The van der Waals surface area contributed by atoms with E-state index in [0.717, 1.165) is 44.5 Å². The van der Waals surface area contributed by atoms with Crippen molar-refractivity contribution in [3.05, 3.63) is 52.0 Å². The Bertz CT molecular complexity index is 1000. The Morgan fingerprint density at radius 1 is 1.09 bits per heavy atom. The van der Waals surface area contributed by atoms with Crippen LogP contribution in [0.5, 0.6) is 5.75 Å².